The number of sulfonamides is 1. The fraction of sp³-hybridized carbons (Fsp3) is 0.333. The van der Waals surface area contributed by atoms with E-state index >= 15 is 0 Å². The Kier molecular flexibility index (Phi) is 10.2. The molecule has 0 saturated heterocycles. The Morgan fingerprint density at radius 3 is 2.10 bits per heavy atom. The Morgan fingerprint density at radius 1 is 0.897 bits per heavy atom. The van der Waals surface area contributed by atoms with Gasteiger partial charge in [-0.15, -0.1) is 0 Å². The molecule has 3 rings (SSSR count). The van der Waals surface area contributed by atoms with Gasteiger partial charge < -0.3 is 10.2 Å². The topological polar surface area (TPSA) is 86.8 Å². The maximum absolute atomic E-state index is 14.0. The van der Waals surface area contributed by atoms with Crippen LogP contribution in [0.25, 0.3) is 0 Å². The molecule has 0 aromatic heterocycles. The summed E-state index contributed by atoms with van der Waals surface area (Å²) in [5, 5.41) is 2.81. The second-order valence-electron chi connectivity index (χ2n) is 9.73. The Bertz CT molecular complexity index is 1360. The van der Waals surface area contributed by atoms with Crippen molar-refractivity contribution in [1.82, 2.24) is 10.2 Å². The van der Waals surface area contributed by atoms with Crippen LogP contribution in [0.5, 0.6) is 0 Å². The second kappa shape index (κ2) is 13.4. The van der Waals surface area contributed by atoms with Gasteiger partial charge in [-0.3, -0.25) is 13.9 Å². The van der Waals surface area contributed by atoms with Crippen LogP contribution in [0.15, 0.2) is 78.9 Å². The lowest BCUT2D eigenvalue weighted by molar-refractivity contribution is -0.140. The number of benzene rings is 3. The highest BCUT2D eigenvalue weighted by Gasteiger charge is 2.33. The van der Waals surface area contributed by atoms with Crippen LogP contribution in [0.4, 0.5) is 10.1 Å². The lowest BCUT2D eigenvalue weighted by Gasteiger charge is -2.34. The monoisotopic (exact) mass is 553 g/mol. The molecule has 3 aromatic rings. The normalized spacial score (nSPS) is 12.2. The average molecular weight is 554 g/mol. The standard InChI is InChI=1S/C30H36FN3O4S/c1-5-32-30(36)28(19-23-11-7-6-8-12-23)33(20-24-15-17-25(31)18-16-24)29(35)21-34(39(4,37)38)27-14-10-9-13-26(27)22(2)3/h6-18,22,28H,5,19-21H2,1-4H3,(H,32,36). The summed E-state index contributed by atoms with van der Waals surface area (Å²) in [5.74, 6) is -1.31. The van der Waals surface area contributed by atoms with Gasteiger partial charge in [0.15, 0.2) is 0 Å². The highest BCUT2D eigenvalue weighted by molar-refractivity contribution is 7.92. The van der Waals surface area contributed by atoms with Crippen molar-refractivity contribution >= 4 is 27.5 Å². The van der Waals surface area contributed by atoms with Crippen molar-refractivity contribution in [2.24, 2.45) is 0 Å². The molecule has 1 atom stereocenters. The van der Waals surface area contributed by atoms with Crippen LogP contribution in [0.3, 0.4) is 0 Å². The van der Waals surface area contributed by atoms with Crippen molar-refractivity contribution in [1.29, 1.82) is 0 Å². The molecule has 1 N–H and O–H groups in total. The summed E-state index contributed by atoms with van der Waals surface area (Å²) >= 11 is 0. The van der Waals surface area contributed by atoms with Crippen LogP contribution in [0, 0.1) is 5.82 Å². The Hall–Kier alpha value is -3.72. The van der Waals surface area contributed by atoms with Crippen molar-refractivity contribution in [3.05, 3.63) is 101 Å². The summed E-state index contributed by atoms with van der Waals surface area (Å²) in [7, 11) is -3.86. The molecule has 0 aliphatic rings. The fourth-order valence-corrected chi connectivity index (χ4v) is 5.30. The molecule has 3 aromatic carbocycles. The average Bonchev–Trinajstić information content (AvgIpc) is 2.90. The van der Waals surface area contributed by atoms with Gasteiger partial charge in [0.2, 0.25) is 21.8 Å². The van der Waals surface area contributed by atoms with E-state index in [2.05, 4.69) is 5.32 Å². The molecule has 9 heteroatoms. The van der Waals surface area contributed by atoms with Gasteiger partial charge in [-0.05, 0) is 47.7 Å². The molecule has 0 spiro atoms. The van der Waals surface area contributed by atoms with Crippen LogP contribution >= 0.6 is 0 Å². The lowest BCUT2D eigenvalue weighted by atomic mass is 10.0. The van der Waals surface area contributed by atoms with Crippen LogP contribution in [0.1, 0.15) is 43.4 Å². The quantitative estimate of drug-likeness (QED) is 0.358. The molecule has 0 aliphatic heterocycles. The summed E-state index contributed by atoms with van der Waals surface area (Å²) in [5.41, 5.74) is 2.66. The number of carbonyl (C=O) groups is 2. The minimum absolute atomic E-state index is 0.00280. The van der Waals surface area contributed by atoms with Crippen LogP contribution < -0.4 is 9.62 Å². The van der Waals surface area contributed by atoms with Crippen molar-refractivity contribution in [3.8, 4) is 0 Å². The molecule has 0 fully saturated rings. The molecular weight excluding hydrogens is 517 g/mol. The van der Waals surface area contributed by atoms with Crippen LogP contribution in [0.2, 0.25) is 0 Å². The second-order valence-corrected chi connectivity index (χ2v) is 11.6. The summed E-state index contributed by atoms with van der Waals surface area (Å²) in [6.45, 7) is 5.56. The number of likely N-dealkylation sites (N-methyl/N-ethyl adjacent to an activating group) is 1. The van der Waals surface area contributed by atoms with E-state index in [0.717, 1.165) is 21.7 Å². The molecule has 208 valence electrons. The van der Waals surface area contributed by atoms with Gasteiger partial charge in [-0.25, -0.2) is 12.8 Å². The van der Waals surface area contributed by atoms with Crippen LogP contribution in [-0.4, -0.2) is 50.5 Å². The van der Waals surface area contributed by atoms with E-state index in [9.17, 15) is 22.4 Å². The van der Waals surface area contributed by atoms with E-state index in [1.165, 1.54) is 17.0 Å². The first kappa shape index (κ1) is 29.8. The number of anilines is 1. The molecule has 2 amide bonds. The molecule has 0 radical (unpaired) electrons. The Labute approximate surface area is 230 Å². The summed E-state index contributed by atoms with van der Waals surface area (Å²) in [6.07, 6.45) is 1.29. The fourth-order valence-electron chi connectivity index (χ4n) is 4.43. The molecule has 0 bridgehead atoms. The number of amides is 2. The maximum atomic E-state index is 14.0. The Balaban J connectivity index is 2.07. The van der Waals surface area contributed by atoms with E-state index in [0.29, 0.717) is 17.8 Å². The molecular formula is C30H36FN3O4S. The van der Waals surface area contributed by atoms with E-state index < -0.39 is 34.3 Å². The minimum Gasteiger partial charge on any atom is -0.355 e. The van der Waals surface area contributed by atoms with Crippen molar-refractivity contribution in [2.75, 3.05) is 23.7 Å². The summed E-state index contributed by atoms with van der Waals surface area (Å²) in [4.78, 5) is 28.8. The van der Waals surface area contributed by atoms with Crippen LogP contribution in [-0.2, 0) is 32.6 Å². The van der Waals surface area contributed by atoms with Gasteiger partial charge in [-0.2, -0.15) is 0 Å². The molecule has 39 heavy (non-hydrogen) atoms. The van der Waals surface area contributed by atoms with Crippen molar-refractivity contribution in [3.63, 3.8) is 0 Å². The first-order chi connectivity index (χ1) is 18.5. The maximum Gasteiger partial charge on any atom is 0.244 e. The van der Waals surface area contributed by atoms with E-state index in [-0.39, 0.29) is 24.8 Å². The van der Waals surface area contributed by atoms with Gasteiger partial charge in [0, 0.05) is 19.5 Å². The van der Waals surface area contributed by atoms with E-state index in [1.54, 1.807) is 31.2 Å². The number of nitrogens with one attached hydrogen (secondary N) is 1. The number of rotatable bonds is 12. The molecule has 0 saturated carbocycles. The number of para-hydroxylation sites is 1. The van der Waals surface area contributed by atoms with Gasteiger partial charge in [0.1, 0.15) is 18.4 Å². The number of carbonyl (C=O) groups excluding carboxylic acids is 2. The number of hydrogen-bond acceptors (Lipinski definition) is 4. The highest BCUT2D eigenvalue weighted by atomic mass is 32.2. The first-order valence-electron chi connectivity index (χ1n) is 12.9. The zero-order chi connectivity index (χ0) is 28.6. The molecule has 1 unspecified atom stereocenters. The number of hydrogen-bond donors (Lipinski definition) is 1. The van der Waals surface area contributed by atoms with E-state index in [1.807, 2.05) is 56.3 Å². The highest BCUT2D eigenvalue weighted by Crippen LogP contribution is 2.29. The summed E-state index contributed by atoms with van der Waals surface area (Å²) < 4.78 is 40.7. The van der Waals surface area contributed by atoms with Gasteiger partial charge in [-0.1, -0.05) is 74.5 Å². The molecule has 0 heterocycles. The SMILES string of the molecule is CCNC(=O)C(Cc1ccccc1)N(Cc1ccc(F)cc1)C(=O)CN(c1ccccc1C(C)C)S(C)(=O)=O. The third kappa shape index (κ3) is 8.13. The number of halogens is 1. The zero-order valence-electron chi connectivity index (χ0n) is 22.8. The van der Waals surface area contributed by atoms with Crippen molar-refractivity contribution < 1.29 is 22.4 Å². The molecule has 0 aliphatic carbocycles. The summed E-state index contributed by atoms with van der Waals surface area (Å²) in [6, 6.07) is 21.1. The Morgan fingerprint density at radius 2 is 1.51 bits per heavy atom. The van der Waals surface area contributed by atoms with Gasteiger partial charge >= 0.3 is 0 Å². The van der Waals surface area contributed by atoms with Gasteiger partial charge in [0.25, 0.3) is 0 Å². The predicted molar refractivity (Wildman–Crippen MR) is 152 cm³/mol. The number of nitrogens with zero attached hydrogens (tertiary/aromatic N) is 2. The largest absolute Gasteiger partial charge is 0.355 e. The third-order valence-corrected chi connectivity index (χ3v) is 7.52. The smallest absolute Gasteiger partial charge is 0.244 e. The minimum atomic E-state index is -3.86. The lowest BCUT2D eigenvalue weighted by Crippen LogP contribution is -2.53. The first-order valence-corrected chi connectivity index (χ1v) is 14.8. The predicted octanol–water partition coefficient (Wildman–Crippen LogP) is 4.49. The van der Waals surface area contributed by atoms with E-state index in [4.69, 9.17) is 0 Å². The third-order valence-electron chi connectivity index (χ3n) is 6.39. The van der Waals surface area contributed by atoms with Crippen molar-refractivity contribution in [2.45, 2.75) is 45.7 Å². The molecule has 7 nitrogen and oxygen atoms in total. The van der Waals surface area contributed by atoms with Gasteiger partial charge in [0.05, 0.1) is 11.9 Å². The zero-order valence-corrected chi connectivity index (χ0v) is 23.6.